The van der Waals surface area contributed by atoms with Crippen molar-refractivity contribution in [2.24, 2.45) is 0 Å². The molecule has 0 heterocycles. The standard InChI is InChI=1S/C8H6BrNO/c1-5-2-3-6(4-10)7(9)8(5)11/h2-3,11H,1H3. The summed E-state index contributed by atoms with van der Waals surface area (Å²) in [5, 5.41) is 17.9. The molecule has 0 unspecified atom stereocenters. The third kappa shape index (κ3) is 1.36. The fraction of sp³-hybridized carbons (Fsp3) is 0.125. The van der Waals surface area contributed by atoms with Gasteiger partial charge in [0.15, 0.2) is 0 Å². The number of aryl methyl sites for hydroxylation is 1. The number of phenols is 1. The first kappa shape index (κ1) is 8.09. The van der Waals surface area contributed by atoms with Crippen molar-refractivity contribution in [2.45, 2.75) is 6.92 Å². The highest BCUT2D eigenvalue weighted by atomic mass is 79.9. The highest BCUT2D eigenvalue weighted by Crippen LogP contribution is 2.30. The zero-order valence-corrected chi connectivity index (χ0v) is 7.51. The fourth-order valence-electron chi connectivity index (χ4n) is 0.747. The van der Waals surface area contributed by atoms with E-state index in [1.165, 1.54) is 0 Å². The van der Waals surface area contributed by atoms with Crippen molar-refractivity contribution < 1.29 is 5.11 Å². The first-order valence-electron chi connectivity index (χ1n) is 3.05. The average Bonchev–Trinajstić information content (AvgIpc) is 2.01. The van der Waals surface area contributed by atoms with Crippen LogP contribution in [0.5, 0.6) is 5.75 Å². The number of hydrogen-bond donors (Lipinski definition) is 1. The SMILES string of the molecule is Cc1ccc(C#N)c(Br)c1O. The first-order valence-corrected chi connectivity index (χ1v) is 3.84. The van der Waals surface area contributed by atoms with Crippen LogP contribution in [-0.2, 0) is 0 Å². The first-order chi connectivity index (χ1) is 5.16. The number of phenolic OH excluding ortho intramolecular Hbond substituents is 1. The predicted octanol–water partition coefficient (Wildman–Crippen LogP) is 2.33. The van der Waals surface area contributed by atoms with Crippen molar-refractivity contribution in [3.63, 3.8) is 0 Å². The van der Waals surface area contributed by atoms with Crippen LogP contribution in [0, 0.1) is 18.3 Å². The summed E-state index contributed by atoms with van der Waals surface area (Å²) in [5.41, 5.74) is 1.21. The molecule has 11 heavy (non-hydrogen) atoms. The van der Waals surface area contributed by atoms with E-state index >= 15 is 0 Å². The van der Waals surface area contributed by atoms with Crippen LogP contribution in [0.3, 0.4) is 0 Å². The molecule has 56 valence electrons. The minimum atomic E-state index is 0.143. The summed E-state index contributed by atoms with van der Waals surface area (Å²) in [7, 11) is 0. The van der Waals surface area contributed by atoms with Crippen LogP contribution < -0.4 is 0 Å². The molecular formula is C8H6BrNO. The van der Waals surface area contributed by atoms with Gasteiger partial charge in [-0.2, -0.15) is 5.26 Å². The predicted molar refractivity (Wildman–Crippen MR) is 45.3 cm³/mol. The maximum absolute atomic E-state index is 9.32. The number of rotatable bonds is 0. The fourth-order valence-corrected chi connectivity index (χ4v) is 1.28. The van der Waals surface area contributed by atoms with Crippen LogP contribution >= 0.6 is 15.9 Å². The maximum atomic E-state index is 9.32. The Labute approximate surface area is 73.2 Å². The van der Waals surface area contributed by atoms with Crippen molar-refractivity contribution >= 4 is 15.9 Å². The van der Waals surface area contributed by atoms with Crippen LogP contribution in [-0.4, -0.2) is 5.11 Å². The van der Waals surface area contributed by atoms with Crippen LogP contribution in [0.15, 0.2) is 16.6 Å². The molecule has 0 aliphatic rings. The molecule has 1 aromatic rings. The Morgan fingerprint density at radius 3 is 2.73 bits per heavy atom. The zero-order chi connectivity index (χ0) is 8.43. The van der Waals surface area contributed by atoms with E-state index in [1.807, 2.05) is 6.07 Å². The number of benzene rings is 1. The molecule has 0 spiro atoms. The van der Waals surface area contributed by atoms with Gasteiger partial charge in [0, 0.05) is 0 Å². The second kappa shape index (κ2) is 2.93. The molecule has 0 aromatic heterocycles. The van der Waals surface area contributed by atoms with Gasteiger partial charge in [0.1, 0.15) is 11.8 Å². The Kier molecular flexibility index (Phi) is 2.16. The van der Waals surface area contributed by atoms with E-state index in [9.17, 15) is 5.11 Å². The number of nitrogens with zero attached hydrogens (tertiary/aromatic N) is 1. The van der Waals surface area contributed by atoms with E-state index in [-0.39, 0.29) is 5.75 Å². The van der Waals surface area contributed by atoms with Gasteiger partial charge in [-0.3, -0.25) is 0 Å². The minimum Gasteiger partial charge on any atom is -0.506 e. The summed E-state index contributed by atoms with van der Waals surface area (Å²) in [6, 6.07) is 5.33. The van der Waals surface area contributed by atoms with Crippen LogP contribution in [0.2, 0.25) is 0 Å². The Balaban J connectivity index is 3.40. The molecule has 0 radical (unpaired) electrons. The second-order valence-corrected chi connectivity index (χ2v) is 3.00. The minimum absolute atomic E-state index is 0.143. The largest absolute Gasteiger partial charge is 0.506 e. The molecule has 0 amide bonds. The van der Waals surface area contributed by atoms with E-state index in [0.717, 1.165) is 5.56 Å². The summed E-state index contributed by atoms with van der Waals surface area (Å²) in [6.07, 6.45) is 0. The van der Waals surface area contributed by atoms with Crippen LogP contribution in [0.1, 0.15) is 11.1 Å². The molecule has 2 nitrogen and oxygen atoms in total. The number of hydrogen-bond acceptors (Lipinski definition) is 2. The molecule has 3 heteroatoms. The van der Waals surface area contributed by atoms with Gasteiger partial charge in [-0.1, -0.05) is 6.07 Å². The van der Waals surface area contributed by atoms with Gasteiger partial charge >= 0.3 is 0 Å². The molecular weight excluding hydrogens is 206 g/mol. The molecule has 0 saturated carbocycles. The molecule has 0 atom stereocenters. The Morgan fingerprint density at radius 1 is 1.55 bits per heavy atom. The lowest BCUT2D eigenvalue weighted by molar-refractivity contribution is 0.467. The summed E-state index contributed by atoms with van der Waals surface area (Å²) in [5.74, 6) is 0.143. The molecule has 0 aliphatic heterocycles. The van der Waals surface area contributed by atoms with Crippen molar-refractivity contribution in [3.8, 4) is 11.8 Å². The molecule has 0 bridgehead atoms. The van der Waals surface area contributed by atoms with E-state index in [4.69, 9.17) is 5.26 Å². The Hall–Kier alpha value is -1.01. The normalized spacial score (nSPS) is 9.18. The summed E-state index contributed by atoms with van der Waals surface area (Å²) in [4.78, 5) is 0. The van der Waals surface area contributed by atoms with Crippen molar-refractivity contribution in [3.05, 3.63) is 27.7 Å². The Bertz CT molecular complexity index is 328. The van der Waals surface area contributed by atoms with E-state index in [1.54, 1.807) is 19.1 Å². The molecule has 0 saturated heterocycles. The summed E-state index contributed by atoms with van der Waals surface area (Å²) < 4.78 is 0.472. The molecule has 0 aliphatic carbocycles. The molecule has 1 N–H and O–H groups in total. The van der Waals surface area contributed by atoms with Gasteiger partial charge in [0.05, 0.1) is 10.0 Å². The third-order valence-corrected chi connectivity index (χ3v) is 2.24. The maximum Gasteiger partial charge on any atom is 0.134 e. The van der Waals surface area contributed by atoms with E-state index < -0.39 is 0 Å². The number of nitriles is 1. The van der Waals surface area contributed by atoms with Gasteiger partial charge in [-0.15, -0.1) is 0 Å². The molecule has 1 aromatic carbocycles. The smallest absolute Gasteiger partial charge is 0.134 e. The van der Waals surface area contributed by atoms with Gasteiger partial charge in [0.25, 0.3) is 0 Å². The Morgan fingerprint density at radius 2 is 2.18 bits per heavy atom. The zero-order valence-electron chi connectivity index (χ0n) is 5.93. The van der Waals surface area contributed by atoms with Gasteiger partial charge in [-0.05, 0) is 34.5 Å². The lowest BCUT2D eigenvalue weighted by atomic mass is 10.1. The number of halogens is 1. The summed E-state index contributed by atoms with van der Waals surface area (Å²) >= 11 is 3.12. The van der Waals surface area contributed by atoms with Crippen molar-refractivity contribution in [1.82, 2.24) is 0 Å². The average molecular weight is 212 g/mol. The van der Waals surface area contributed by atoms with E-state index in [0.29, 0.717) is 10.0 Å². The summed E-state index contributed by atoms with van der Waals surface area (Å²) in [6.45, 7) is 1.78. The van der Waals surface area contributed by atoms with E-state index in [2.05, 4.69) is 15.9 Å². The number of aromatic hydroxyl groups is 1. The van der Waals surface area contributed by atoms with Crippen molar-refractivity contribution in [2.75, 3.05) is 0 Å². The van der Waals surface area contributed by atoms with Crippen LogP contribution in [0.4, 0.5) is 0 Å². The van der Waals surface area contributed by atoms with Gasteiger partial charge in [-0.25, -0.2) is 0 Å². The van der Waals surface area contributed by atoms with Gasteiger partial charge < -0.3 is 5.11 Å². The highest BCUT2D eigenvalue weighted by Gasteiger charge is 2.05. The topological polar surface area (TPSA) is 44.0 Å². The lowest BCUT2D eigenvalue weighted by Crippen LogP contribution is -1.81. The van der Waals surface area contributed by atoms with Crippen molar-refractivity contribution in [1.29, 1.82) is 5.26 Å². The second-order valence-electron chi connectivity index (χ2n) is 2.20. The molecule has 0 fully saturated rings. The quantitative estimate of drug-likeness (QED) is 0.717. The monoisotopic (exact) mass is 211 g/mol. The third-order valence-electron chi connectivity index (χ3n) is 1.44. The molecule has 1 rings (SSSR count). The van der Waals surface area contributed by atoms with Gasteiger partial charge in [0.2, 0.25) is 0 Å². The highest BCUT2D eigenvalue weighted by molar-refractivity contribution is 9.10. The lowest BCUT2D eigenvalue weighted by Gasteiger charge is -2.01. The van der Waals surface area contributed by atoms with Crippen LogP contribution in [0.25, 0.3) is 0 Å².